The summed E-state index contributed by atoms with van der Waals surface area (Å²) < 4.78 is 4.36. The van der Waals surface area contributed by atoms with Crippen LogP contribution < -0.4 is 10.6 Å². The van der Waals surface area contributed by atoms with Gasteiger partial charge < -0.3 is 20.5 Å². The summed E-state index contributed by atoms with van der Waals surface area (Å²) in [6.07, 6.45) is 0.217. The van der Waals surface area contributed by atoms with Crippen molar-refractivity contribution in [3.8, 4) is 0 Å². The van der Waals surface area contributed by atoms with Gasteiger partial charge >= 0.3 is 5.97 Å². The van der Waals surface area contributed by atoms with Crippen molar-refractivity contribution in [3.63, 3.8) is 0 Å². The lowest BCUT2D eigenvalue weighted by Crippen LogP contribution is -2.48. The van der Waals surface area contributed by atoms with Gasteiger partial charge in [0.15, 0.2) is 6.10 Å². The molecule has 3 N–H and O–H groups in total. The van der Waals surface area contributed by atoms with Gasteiger partial charge in [0, 0.05) is 5.41 Å². The number of aliphatic hydroxyl groups excluding tert-OH is 1. The summed E-state index contributed by atoms with van der Waals surface area (Å²) in [6, 6.07) is 0. The number of amides is 1. The van der Waals surface area contributed by atoms with E-state index in [-0.39, 0.29) is 12.5 Å². The van der Waals surface area contributed by atoms with Crippen LogP contribution in [0.2, 0.25) is 0 Å². The Balaban J connectivity index is 2.41. The molecule has 0 bridgehead atoms. The van der Waals surface area contributed by atoms with Gasteiger partial charge in [-0.05, 0) is 25.9 Å². The van der Waals surface area contributed by atoms with E-state index in [1.165, 1.54) is 7.11 Å². The van der Waals surface area contributed by atoms with Gasteiger partial charge in [0.25, 0.3) is 0 Å². The summed E-state index contributed by atoms with van der Waals surface area (Å²) >= 11 is 0. The van der Waals surface area contributed by atoms with Gasteiger partial charge in [-0.1, -0.05) is 6.92 Å². The predicted molar refractivity (Wildman–Crippen MR) is 61.2 cm³/mol. The summed E-state index contributed by atoms with van der Waals surface area (Å²) in [5.74, 6) is -0.859. The second-order valence-electron chi connectivity index (χ2n) is 4.56. The molecule has 1 saturated heterocycles. The van der Waals surface area contributed by atoms with Crippen molar-refractivity contribution in [2.45, 2.75) is 25.9 Å². The van der Waals surface area contributed by atoms with Crippen molar-refractivity contribution in [3.05, 3.63) is 0 Å². The lowest BCUT2D eigenvalue weighted by molar-refractivity contribution is -0.150. The zero-order valence-electron chi connectivity index (χ0n) is 10.3. The lowest BCUT2D eigenvalue weighted by Gasteiger charge is -2.32. The van der Waals surface area contributed by atoms with E-state index in [0.717, 1.165) is 25.9 Å². The number of carbonyl (C=O) groups is 2. The van der Waals surface area contributed by atoms with Gasteiger partial charge in [0.05, 0.1) is 13.7 Å². The third-order valence-electron chi connectivity index (χ3n) is 3.18. The Bertz CT molecular complexity index is 287. The normalized spacial score (nSPS) is 20.4. The van der Waals surface area contributed by atoms with Crippen LogP contribution in [0.4, 0.5) is 0 Å². The lowest BCUT2D eigenvalue weighted by atomic mass is 9.80. The highest BCUT2D eigenvalue weighted by atomic mass is 16.5. The Labute approximate surface area is 101 Å². The zero-order valence-corrected chi connectivity index (χ0v) is 10.3. The molecule has 0 saturated carbocycles. The van der Waals surface area contributed by atoms with Gasteiger partial charge in [-0.2, -0.15) is 0 Å². The molecular formula is C11H20N2O4. The average Bonchev–Trinajstić information content (AvgIpc) is 2.35. The minimum atomic E-state index is -1.30. The van der Waals surface area contributed by atoms with Gasteiger partial charge in [-0.25, -0.2) is 4.79 Å². The summed E-state index contributed by atoms with van der Waals surface area (Å²) in [5.41, 5.74) is -0.416. The predicted octanol–water partition coefficient (Wildman–Crippen LogP) is -0.974. The van der Waals surface area contributed by atoms with Gasteiger partial charge in [0.2, 0.25) is 5.91 Å². The Morgan fingerprint density at radius 3 is 2.59 bits per heavy atom. The Hall–Kier alpha value is -1.14. The SMILES string of the molecule is COC(=O)C(O)CNC(=O)C1(C)CCNCC1. The van der Waals surface area contributed by atoms with Crippen molar-refractivity contribution in [2.24, 2.45) is 5.41 Å². The number of aliphatic hydroxyl groups is 1. The summed E-state index contributed by atoms with van der Waals surface area (Å²) in [4.78, 5) is 22.9. The molecule has 1 fully saturated rings. The topological polar surface area (TPSA) is 87.7 Å². The summed E-state index contributed by atoms with van der Waals surface area (Å²) in [5, 5.41) is 15.1. The van der Waals surface area contributed by atoms with E-state index in [2.05, 4.69) is 15.4 Å². The molecular weight excluding hydrogens is 224 g/mol. The molecule has 1 amide bonds. The molecule has 1 aliphatic rings. The minimum absolute atomic E-state index is 0.103. The van der Waals surface area contributed by atoms with Crippen LogP contribution in [-0.2, 0) is 14.3 Å². The van der Waals surface area contributed by atoms with E-state index < -0.39 is 17.5 Å². The van der Waals surface area contributed by atoms with E-state index in [9.17, 15) is 14.7 Å². The quantitative estimate of drug-likeness (QED) is 0.554. The van der Waals surface area contributed by atoms with E-state index in [0.29, 0.717) is 0 Å². The number of methoxy groups -OCH3 is 1. The monoisotopic (exact) mass is 244 g/mol. The zero-order chi connectivity index (χ0) is 12.9. The molecule has 6 nitrogen and oxygen atoms in total. The van der Waals surface area contributed by atoms with Crippen LogP contribution in [0.15, 0.2) is 0 Å². The minimum Gasteiger partial charge on any atom is -0.467 e. The molecule has 0 aromatic heterocycles. The standard InChI is InChI=1S/C11H20N2O4/c1-11(3-5-12-6-4-11)10(16)13-7-8(14)9(15)17-2/h8,12,14H,3-7H2,1-2H3,(H,13,16). The Morgan fingerprint density at radius 2 is 2.06 bits per heavy atom. The molecule has 1 unspecified atom stereocenters. The molecule has 1 atom stereocenters. The van der Waals surface area contributed by atoms with E-state index >= 15 is 0 Å². The molecule has 1 aliphatic heterocycles. The Kier molecular flexibility index (Phi) is 4.89. The Morgan fingerprint density at radius 1 is 1.47 bits per heavy atom. The van der Waals surface area contributed by atoms with E-state index in [4.69, 9.17) is 0 Å². The highest BCUT2D eigenvalue weighted by Crippen LogP contribution is 2.27. The van der Waals surface area contributed by atoms with Crippen LogP contribution in [0, 0.1) is 5.41 Å². The van der Waals surface area contributed by atoms with Crippen molar-refractivity contribution >= 4 is 11.9 Å². The number of piperidine rings is 1. The third kappa shape index (κ3) is 3.67. The first-order valence-corrected chi connectivity index (χ1v) is 5.74. The maximum Gasteiger partial charge on any atom is 0.336 e. The third-order valence-corrected chi connectivity index (χ3v) is 3.18. The molecule has 6 heteroatoms. The summed E-state index contributed by atoms with van der Waals surface area (Å²) in [6.45, 7) is 3.41. The maximum absolute atomic E-state index is 11.9. The number of hydrogen-bond acceptors (Lipinski definition) is 5. The first kappa shape index (κ1) is 13.9. The highest BCUT2D eigenvalue weighted by molar-refractivity contribution is 5.83. The van der Waals surface area contributed by atoms with Crippen LogP contribution in [0.5, 0.6) is 0 Å². The molecule has 1 heterocycles. The first-order chi connectivity index (χ1) is 7.99. The van der Waals surface area contributed by atoms with Crippen molar-refractivity contribution in [2.75, 3.05) is 26.7 Å². The number of hydrogen-bond donors (Lipinski definition) is 3. The maximum atomic E-state index is 11.9. The molecule has 0 spiro atoms. The van der Waals surface area contributed by atoms with Crippen LogP contribution in [0.1, 0.15) is 19.8 Å². The fraction of sp³-hybridized carbons (Fsp3) is 0.818. The van der Waals surface area contributed by atoms with Crippen LogP contribution in [-0.4, -0.2) is 49.8 Å². The fourth-order valence-electron chi connectivity index (χ4n) is 1.83. The molecule has 0 aromatic carbocycles. The van der Waals surface area contributed by atoms with Crippen molar-refractivity contribution in [1.82, 2.24) is 10.6 Å². The smallest absolute Gasteiger partial charge is 0.336 e. The van der Waals surface area contributed by atoms with Gasteiger partial charge in [-0.3, -0.25) is 4.79 Å². The van der Waals surface area contributed by atoms with Crippen LogP contribution >= 0.6 is 0 Å². The largest absolute Gasteiger partial charge is 0.467 e. The molecule has 0 aliphatic carbocycles. The molecule has 98 valence electrons. The van der Waals surface area contributed by atoms with Gasteiger partial charge in [0.1, 0.15) is 0 Å². The number of nitrogens with one attached hydrogen (secondary N) is 2. The molecule has 0 radical (unpaired) electrons. The fourth-order valence-corrected chi connectivity index (χ4v) is 1.83. The molecule has 1 rings (SSSR count). The van der Waals surface area contributed by atoms with E-state index in [1.807, 2.05) is 6.92 Å². The van der Waals surface area contributed by atoms with Crippen LogP contribution in [0.25, 0.3) is 0 Å². The number of rotatable bonds is 4. The number of esters is 1. The second-order valence-corrected chi connectivity index (χ2v) is 4.56. The number of carbonyl (C=O) groups excluding carboxylic acids is 2. The number of ether oxygens (including phenoxy) is 1. The second kappa shape index (κ2) is 5.97. The average molecular weight is 244 g/mol. The highest BCUT2D eigenvalue weighted by Gasteiger charge is 2.34. The van der Waals surface area contributed by atoms with Crippen molar-refractivity contribution < 1.29 is 19.4 Å². The molecule has 17 heavy (non-hydrogen) atoms. The molecule has 0 aromatic rings. The van der Waals surface area contributed by atoms with E-state index in [1.54, 1.807) is 0 Å². The first-order valence-electron chi connectivity index (χ1n) is 5.74. The van der Waals surface area contributed by atoms with Crippen molar-refractivity contribution in [1.29, 1.82) is 0 Å². The summed E-state index contributed by atoms with van der Waals surface area (Å²) in [7, 11) is 1.20. The van der Waals surface area contributed by atoms with Gasteiger partial charge in [-0.15, -0.1) is 0 Å². The van der Waals surface area contributed by atoms with Crippen LogP contribution in [0.3, 0.4) is 0 Å².